The molecule has 4 rings (SSSR count). The molecule has 0 aromatic carbocycles. The van der Waals surface area contributed by atoms with Crippen molar-refractivity contribution in [3.05, 3.63) is 47.3 Å². The average molecular weight is 324 g/mol. The summed E-state index contributed by atoms with van der Waals surface area (Å²) in [7, 11) is 2.04. The number of pyridine rings is 1. The second-order valence-corrected chi connectivity index (χ2v) is 7.00. The Morgan fingerprint density at radius 3 is 2.71 bits per heavy atom. The third-order valence-electron chi connectivity index (χ3n) is 5.42. The molecule has 5 nitrogen and oxygen atoms in total. The normalized spacial score (nSPS) is 18.5. The molecule has 0 unspecified atom stereocenters. The summed E-state index contributed by atoms with van der Waals surface area (Å²) in [6.45, 7) is 1.60. The summed E-state index contributed by atoms with van der Waals surface area (Å²) < 4.78 is 2.09. The zero-order chi connectivity index (χ0) is 16.5. The molecule has 2 aliphatic rings. The first kappa shape index (κ1) is 15.4. The van der Waals surface area contributed by atoms with Crippen LogP contribution in [0.15, 0.2) is 24.7 Å². The van der Waals surface area contributed by atoms with Crippen molar-refractivity contribution in [3.63, 3.8) is 0 Å². The lowest BCUT2D eigenvalue weighted by Crippen LogP contribution is -2.38. The van der Waals surface area contributed by atoms with Crippen LogP contribution >= 0.6 is 0 Å². The predicted octanol–water partition coefficient (Wildman–Crippen LogP) is 2.71. The van der Waals surface area contributed by atoms with E-state index in [4.69, 9.17) is 0 Å². The minimum Gasteiger partial charge on any atom is -0.339 e. The van der Waals surface area contributed by atoms with E-state index < -0.39 is 0 Å². The third kappa shape index (κ3) is 2.83. The minimum absolute atomic E-state index is 0.133. The summed E-state index contributed by atoms with van der Waals surface area (Å²) in [5.41, 5.74) is 3.22. The molecule has 5 heteroatoms. The van der Waals surface area contributed by atoms with Crippen LogP contribution in [0, 0.1) is 0 Å². The summed E-state index contributed by atoms with van der Waals surface area (Å²) in [6.07, 6.45) is 12.1. The van der Waals surface area contributed by atoms with E-state index in [9.17, 15) is 4.79 Å². The number of piperidine rings is 1. The number of fused-ring (bicyclic) bond motifs is 1. The molecule has 0 spiro atoms. The van der Waals surface area contributed by atoms with Gasteiger partial charge in [0.15, 0.2) is 0 Å². The van der Waals surface area contributed by atoms with Crippen molar-refractivity contribution in [2.45, 2.75) is 44.4 Å². The van der Waals surface area contributed by atoms with Gasteiger partial charge in [-0.05, 0) is 50.2 Å². The highest BCUT2D eigenvalue weighted by Crippen LogP contribution is 2.28. The number of nitrogens with zero attached hydrogens (tertiary/aromatic N) is 4. The zero-order valence-electron chi connectivity index (χ0n) is 14.2. The highest BCUT2D eigenvalue weighted by Gasteiger charge is 2.27. The first-order valence-corrected chi connectivity index (χ1v) is 8.96. The number of imidazole rings is 1. The number of likely N-dealkylation sites (tertiary alicyclic amines) is 1. The van der Waals surface area contributed by atoms with E-state index in [-0.39, 0.29) is 5.91 Å². The van der Waals surface area contributed by atoms with E-state index in [0.717, 1.165) is 50.2 Å². The Morgan fingerprint density at radius 1 is 1.17 bits per heavy atom. The molecule has 1 aliphatic heterocycles. The molecule has 0 atom stereocenters. The van der Waals surface area contributed by atoms with Crippen LogP contribution in [0.1, 0.15) is 59.0 Å². The van der Waals surface area contributed by atoms with Crippen LogP contribution in [0.2, 0.25) is 0 Å². The monoisotopic (exact) mass is 324 g/mol. The van der Waals surface area contributed by atoms with Crippen molar-refractivity contribution in [2.24, 2.45) is 7.05 Å². The predicted molar refractivity (Wildman–Crippen MR) is 92.0 cm³/mol. The number of amides is 1. The maximum atomic E-state index is 12.8. The summed E-state index contributed by atoms with van der Waals surface area (Å²) >= 11 is 0. The molecule has 1 saturated heterocycles. The standard InChI is InChI=1S/C19H24N4O/c1-22-11-8-20-18(22)14-6-9-23(10-7-14)19(24)16-12-15-4-2-3-5-17(15)21-13-16/h8,11-14H,2-7,9-10H2,1H3. The first-order valence-electron chi connectivity index (χ1n) is 8.96. The number of aromatic nitrogens is 3. The van der Waals surface area contributed by atoms with Crippen LogP contribution < -0.4 is 0 Å². The van der Waals surface area contributed by atoms with E-state index in [1.807, 2.05) is 24.3 Å². The van der Waals surface area contributed by atoms with Gasteiger partial charge in [0.05, 0.1) is 5.56 Å². The van der Waals surface area contributed by atoms with Crippen molar-refractivity contribution in [1.29, 1.82) is 0 Å². The molecule has 2 aromatic rings. The largest absolute Gasteiger partial charge is 0.339 e. The van der Waals surface area contributed by atoms with Crippen LogP contribution in [0.25, 0.3) is 0 Å². The molecule has 2 aromatic heterocycles. The van der Waals surface area contributed by atoms with Crippen LogP contribution in [0.4, 0.5) is 0 Å². The molecule has 1 amide bonds. The molecule has 0 bridgehead atoms. The fourth-order valence-corrected chi connectivity index (χ4v) is 4.00. The molecule has 3 heterocycles. The van der Waals surface area contributed by atoms with E-state index in [1.165, 1.54) is 24.1 Å². The Balaban J connectivity index is 1.44. The van der Waals surface area contributed by atoms with Gasteiger partial charge < -0.3 is 9.47 Å². The fraction of sp³-hybridized carbons (Fsp3) is 0.526. The van der Waals surface area contributed by atoms with Gasteiger partial charge in [-0.1, -0.05) is 0 Å². The topological polar surface area (TPSA) is 51.0 Å². The van der Waals surface area contributed by atoms with Crippen molar-refractivity contribution in [1.82, 2.24) is 19.4 Å². The van der Waals surface area contributed by atoms with Crippen LogP contribution in [0.3, 0.4) is 0 Å². The van der Waals surface area contributed by atoms with E-state index in [2.05, 4.69) is 20.6 Å². The second-order valence-electron chi connectivity index (χ2n) is 7.00. The summed E-state index contributed by atoms with van der Waals surface area (Å²) in [5, 5.41) is 0. The summed E-state index contributed by atoms with van der Waals surface area (Å²) in [5.74, 6) is 1.72. The number of carbonyl (C=O) groups is 1. The number of hydrogen-bond donors (Lipinski definition) is 0. The van der Waals surface area contributed by atoms with E-state index in [1.54, 1.807) is 6.20 Å². The highest BCUT2D eigenvalue weighted by atomic mass is 16.2. The fourth-order valence-electron chi connectivity index (χ4n) is 4.00. The van der Waals surface area contributed by atoms with Gasteiger partial charge in [0, 0.05) is 50.3 Å². The molecular weight excluding hydrogens is 300 g/mol. The molecule has 24 heavy (non-hydrogen) atoms. The molecular formula is C19H24N4O. The number of rotatable bonds is 2. The van der Waals surface area contributed by atoms with Gasteiger partial charge in [0.1, 0.15) is 5.82 Å². The Bertz CT molecular complexity index is 744. The molecule has 1 aliphatic carbocycles. The first-order chi connectivity index (χ1) is 11.7. The lowest BCUT2D eigenvalue weighted by atomic mass is 9.93. The van der Waals surface area contributed by atoms with Gasteiger partial charge in [-0.3, -0.25) is 9.78 Å². The van der Waals surface area contributed by atoms with Crippen molar-refractivity contribution >= 4 is 5.91 Å². The second kappa shape index (κ2) is 6.38. The Labute approximate surface area is 142 Å². The van der Waals surface area contributed by atoms with Crippen LogP contribution in [0.5, 0.6) is 0 Å². The van der Waals surface area contributed by atoms with Gasteiger partial charge in [-0.25, -0.2) is 4.98 Å². The van der Waals surface area contributed by atoms with Crippen molar-refractivity contribution in [2.75, 3.05) is 13.1 Å². The molecule has 126 valence electrons. The Kier molecular flexibility index (Phi) is 4.08. The maximum Gasteiger partial charge on any atom is 0.255 e. The molecule has 1 fully saturated rings. The molecule has 0 radical (unpaired) electrons. The zero-order valence-corrected chi connectivity index (χ0v) is 14.2. The lowest BCUT2D eigenvalue weighted by Gasteiger charge is -2.32. The highest BCUT2D eigenvalue weighted by molar-refractivity contribution is 5.94. The van der Waals surface area contributed by atoms with E-state index in [0.29, 0.717) is 5.92 Å². The lowest BCUT2D eigenvalue weighted by molar-refractivity contribution is 0.0710. The summed E-state index contributed by atoms with van der Waals surface area (Å²) in [4.78, 5) is 23.8. The molecule has 0 saturated carbocycles. The maximum absolute atomic E-state index is 12.8. The van der Waals surface area contributed by atoms with Crippen LogP contribution in [-0.4, -0.2) is 38.4 Å². The molecule has 0 N–H and O–H groups in total. The van der Waals surface area contributed by atoms with Gasteiger partial charge in [-0.15, -0.1) is 0 Å². The Hall–Kier alpha value is -2.17. The average Bonchev–Trinajstić information content (AvgIpc) is 3.07. The van der Waals surface area contributed by atoms with Crippen molar-refractivity contribution < 1.29 is 4.79 Å². The van der Waals surface area contributed by atoms with E-state index >= 15 is 0 Å². The third-order valence-corrected chi connectivity index (χ3v) is 5.42. The smallest absolute Gasteiger partial charge is 0.255 e. The number of carbonyl (C=O) groups excluding carboxylic acids is 1. The minimum atomic E-state index is 0.133. The van der Waals surface area contributed by atoms with Crippen LogP contribution in [-0.2, 0) is 19.9 Å². The number of aryl methyl sites for hydroxylation is 3. The van der Waals surface area contributed by atoms with Gasteiger partial charge in [0.2, 0.25) is 0 Å². The van der Waals surface area contributed by atoms with Gasteiger partial charge in [-0.2, -0.15) is 0 Å². The van der Waals surface area contributed by atoms with Gasteiger partial charge >= 0.3 is 0 Å². The quantitative estimate of drug-likeness (QED) is 0.853. The van der Waals surface area contributed by atoms with Crippen molar-refractivity contribution in [3.8, 4) is 0 Å². The SMILES string of the molecule is Cn1ccnc1C1CCN(C(=O)c2cnc3c(c2)CCCC3)CC1. The van der Waals surface area contributed by atoms with Gasteiger partial charge in [0.25, 0.3) is 5.91 Å². The summed E-state index contributed by atoms with van der Waals surface area (Å²) in [6, 6.07) is 2.08. The Morgan fingerprint density at radius 2 is 1.96 bits per heavy atom. The number of hydrogen-bond acceptors (Lipinski definition) is 3.